The first-order valence-electron chi connectivity index (χ1n) is 4.95. The summed E-state index contributed by atoms with van der Waals surface area (Å²) in [6.45, 7) is 2.87. The van der Waals surface area contributed by atoms with Crippen LogP contribution in [0.1, 0.15) is 25.1 Å². The van der Waals surface area contributed by atoms with Gasteiger partial charge in [0.2, 0.25) is 0 Å². The zero-order valence-corrected chi connectivity index (χ0v) is 8.35. The van der Waals surface area contributed by atoms with E-state index in [4.69, 9.17) is 5.73 Å². The van der Waals surface area contributed by atoms with Crippen LogP contribution in [0, 0.1) is 0 Å². The van der Waals surface area contributed by atoms with E-state index in [0.717, 1.165) is 17.8 Å². The molecule has 0 fully saturated rings. The lowest BCUT2D eigenvalue weighted by Crippen LogP contribution is -2.07. The van der Waals surface area contributed by atoms with Gasteiger partial charge in [0.15, 0.2) is 0 Å². The Labute approximate surface area is 83.6 Å². The molecule has 0 aliphatic rings. The maximum Gasteiger partial charge on any atom is 0.116 e. The molecule has 0 spiro atoms. The molecule has 0 saturated carbocycles. The first kappa shape index (κ1) is 9.21. The molecule has 2 rings (SSSR count). The number of rotatable bonds is 3. The summed E-state index contributed by atoms with van der Waals surface area (Å²) < 4.78 is 2.13. The second-order valence-electron chi connectivity index (χ2n) is 3.59. The van der Waals surface area contributed by atoms with Gasteiger partial charge in [-0.25, -0.2) is 4.98 Å². The fourth-order valence-electron chi connectivity index (χ4n) is 1.71. The van der Waals surface area contributed by atoms with E-state index in [-0.39, 0.29) is 0 Å². The van der Waals surface area contributed by atoms with Crippen molar-refractivity contribution in [3.8, 4) is 0 Å². The number of imidazole rings is 1. The van der Waals surface area contributed by atoms with Crippen LogP contribution < -0.4 is 5.73 Å². The van der Waals surface area contributed by atoms with Crippen molar-refractivity contribution < 1.29 is 0 Å². The van der Waals surface area contributed by atoms with Gasteiger partial charge in [0.05, 0.1) is 11.7 Å². The molecule has 14 heavy (non-hydrogen) atoms. The highest BCUT2D eigenvalue weighted by Gasteiger charge is 2.10. The van der Waals surface area contributed by atoms with Crippen LogP contribution in [0.4, 0.5) is 0 Å². The van der Waals surface area contributed by atoms with Crippen molar-refractivity contribution >= 4 is 5.52 Å². The van der Waals surface area contributed by atoms with E-state index in [1.807, 2.05) is 24.5 Å². The van der Waals surface area contributed by atoms with Crippen molar-refractivity contribution in [3.05, 3.63) is 36.4 Å². The van der Waals surface area contributed by atoms with Crippen LogP contribution in [0.15, 0.2) is 30.6 Å². The maximum atomic E-state index is 5.54. The Morgan fingerprint density at radius 3 is 3.14 bits per heavy atom. The molecule has 2 heterocycles. The van der Waals surface area contributed by atoms with Crippen molar-refractivity contribution in [2.24, 2.45) is 5.73 Å². The molecule has 0 bridgehead atoms. The van der Waals surface area contributed by atoms with E-state index in [9.17, 15) is 0 Å². The second-order valence-corrected chi connectivity index (χ2v) is 3.59. The summed E-state index contributed by atoms with van der Waals surface area (Å²) in [5.41, 5.74) is 6.69. The van der Waals surface area contributed by atoms with E-state index in [0.29, 0.717) is 12.5 Å². The summed E-state index contributed by atoms with van der Waals surface area (Å²) in [5, 5.41) is 0. The van der Waals surface area contributed by atoms with Crippen molar-refractivity contribution in [2.75, 3.05) is 6.54 Å². The van der Waals surface area contributed by atoms with Gasteiger partial charge >= 0.3 is 0 Å². The quantitative estimate of drug-likeness (QED) is 0.799. The fraction of sp³-hybridized carbons (Fsp3) is 0.364. The standard InChI is InChI=1S/C11H15N3/c1-9(5-6-12)11-13-8-10-4-2-3-7-14(10)11/h2-4,7-9H,5-6,12H2,1H3. The molecule has 0 amide bonds. The zero-order valence-electron chi connectivity index (χ0n) is 8.35. The molecule has 1 atom stereocenters. The first-order valence-corrected chi connectivity index (χ1v) is 4.95. The van der Waals surface area contributed by atoms with E-state index in [2.05, 4.69) is 22.4 Å². The number of fused-ring (bicyclic) bond motifs is 1. The number of nitrogens with two attached hydrogens (primary N) is 1. The molecule has 3 heteroatoms. The molecule has 3 nitrogen and oxygen atoms in total. The topological polar surface area (TPSA) is 43.3 Å². The third-order valence-corrected chi connectivity index (χ3v) is 2.51. The molecular formula is C11H15N3. The highest BCUT2D eigenvalue weighted by Crippen LogP contribution is 2.18. The Hall–Kier alpha value is -1.35. The molecule has 2 N–H and O–H groups in total. The summed E-state index contributed by atoms with van der Waals surface area (Å²) in [5.74, 6) is 1.52. The highest BCUT2D eigenvalue weighted by atomic mass is 15.0. The highest BCUT2D eigenvalue weighted by molar-refractivity contribution is 5.45. The van der Waals surface area contributed by atoms with Gasteiger partial charge in [-0.1, -0.05) is 13.0 Å². The molecule has 0 aliphatic carbocycles. The molecule has 0 radical (unpaired) electrons. The molecule has 0 aromatic carbocycles. The second kappa shape index (κ2) is 3.80. The lowest BCUT2D eigenvalue weighted by Gasteiger charge is -2.08. The van der Waals surface area contributed by atoms with Gasteiger partial charge in [0.25, 0.3) is 0 Å². The number of aromatic nitrogens is 2. The normalized spacial score (nSPS) is 13.3. The molecule has 74 valence electrons. The Balaban J connectivity index is 2.42. The SMILES string of the molecule is CC(CCN)c1ncc2ccccn12. The number of nitrogens with zero attached hydrogens (tertiary/aromatic N) is 2. The van der Waals surface area contributed by atoms with Crippen LogP contribution in [0.3, 0.4) is 0 Å². The first-order chi connectivity index (χ1) is 6.83. The predicted molar refractivity (Wildman–Crippen MR) is 57.3 cm³/mol. The van der Waals surface area contributed by atoms with Crippen LogP contribution in [-0.2, 0) is 0 Å². The van der Waals surface area contributed by atoms with Gasteiger partial charge in [-0.05, 0) is 25.1 Å². The predicted octanol–water partition coefficient (Wildman–Crippen LogP) is 1.79. The smallest absolute Gasteiger partial charge is 0.116 e. The largest absolute Gasteiger partial charge is 0.330 e. The van der Waals surface area contributed by atoms with Gasteiger partial charge in [0.1, 0.15) is 5.82 Å². The zero-order chi connectivity index (χ0) is 9.97. The molecule has 2 aromatic rings. The summed E-state index contributed by atoms with van der Waals surface area (Å²) >= 11 is 0. The average molecular weight is 189 g/mol. The monoisotopic (exact) mass is 189 g/mol. The molecule has 0 saturated heterocycles. The van der Waals surface area contributed by atoms with Crippen molar-refractivity contribution in [2.45, 2.75) is 19.3 Å². The van der Waals surface area contributed by atoms with Crippen molar-refractivity contribution in [1.82, 2.24) is 9.38 Å². The lowest BCUT2D eigenvalue weighted by molar-refractivity contribution is 0.644. The molecular weight excluding hydrogens is 174 g/mol. The molecule has 2 aromatic heterocycles. The van der Waals surface area contributed by atoms with Crippen LogP contribution in [0.2, 0.25) is 0 Å². The van der Waals surface area contributed by atoms with E-state index in [1.165, 1.54) is 0 Å². The van der Waals surface area contributed by atoms with Crippen LogP contribution >= 0.6 is 0 Å². The third kappa shape index (κ3) is 1.51. The Morgan fingerprint density at radius 1 is 1.50 bits per heavy atom. The Kier molecular flexibility index (Phi) is 2.50. The minimum atomic E-state index is 0.421. The van der Waals surface area contributed by atoms with Crippen LogP contribution in [-0.4, -0.2) is 15.9 Å². The minimum absolute atomic E-state index is 0.421. The minimum Gasteiger partial charge on any atom is -0.330 e. The Morgan fingerprint density at radius 2 is 2.36 bits per heavy atom. The summed E-state index contributed by atoms with van der Waals surface area (Å²) in [4.78, 5) is 4.42. The lowest BCUT2D eigenvalue weighted by atomic mass is 10.1. The van der Waals surface area contributed by atoms with Gasteiger partial charge in [0, 0.05) is 12.1 Å². The third-order valence-electron chi connectivity index (χ3n) is 2.51. The summed E-state index contributed by atoms with van der Waals surface area (Å²) in [6.07, 6.45) is 4.93. The average Bonchev–Trinajstić information content (AvgIpc) is 2.61. The van der Waals surface area contributed by atoms with Gasteiger partial charge < -0.3 is 10.1 Å². The van der Waals surface area contributed by atoms with E-state index >= 15 is 0 Å². The van der Waals surface area contributed by atoms with E-state index in [1.54, 1.807) is 0 Å². The number of hydrogen-bond acceptors (Lipinski definition) is 2. The summed E-state index contributed by atoms with van der Waals surface area (Å²) in [6, 6.07) is 6.10. The van der Waals surface area contributed by atoms with Gasteiger partial charge in [-0.15, -0.1) is 0 Å². The van der Waals surface area contributed by atoms with Gasteiger partial charge in [-0.3, -0.25) is 0 Å². The van der Waals surface area contributed by atoms with Crippen LogP contribution in [0.5, 0.6) is 0 Å². The van der Waals surface area contributed by atoms with Crippen molar-refractivity contribution in [3.63, 3.8) is 0 Å². The molecule has 1 unspecified atom stereocenters. The fourth-order valence-corrected chi connectivity index (χ4v) is 1.71. The number of pyridine rings is 1. The summed E-state index contributed by atoms with van der Waals surface area (Å²) in [7, 11) is 0. The maximum absolute atomic E-state index is 5.54. The van der Waals surface area contributed by atoms with Gasteiger partial charge in [-0.2, -0.15) is 0 Å². The van der Waals surface area contributed by atoms with E-state index < -0.39 is 0 Å². The van der Waals surface area contributed by atoms with Crippen molar-refractivity contribution in [1.29, 1.82) is 0 Å². The molecule has 0 aliphatic heterocycles. The number of hydrogen-bond donors (Lipinski definition) is 1. The Bertz CT molecular complexity index is 419. The van der Waals surface area contributed by atoms with Crippen LogP contribution in [0.25, 0.3) is 5.52 Å².